The van der Waals surface area contributed by atoms with Gasteiger partial charge in [0.1, 0.15) is 0 Å². The predicted octanol–water partition coefficient (Wildman–Crippen LogP) is 1.73. The van der Waals surface area contributed by atoms with Crippen LogP contribution in [0.1, 0.15) is 33.1 Å². The van der Waals surface area contributed by atoms with Crippen LogP contribution < -0.4 is 0 Å². The normalized spacial score (nSPS) is 31.9. The van der Waals surface area contributed by atoms with Crippen molar-refractivity contribution in [3.05, 3.63) is 0 Å². The SMILES string of the molecule is C=NOC(=O)C12CCCC1C(C(C)C)=NO2. The zero-order valence-electron chi connectivity index (χ0n) is 9.60. The average Bonchev–Trinajstić information content (AvgIpc) is 2.74. The molecule has 2 unspecified atom stereocenters. The first-order chi connectivity index (χ1) is 7.62. The van der Waals surface area contributed by atoms with E-state index < -0.39 is 11.6 Å². The van der Waals surface area contributed by atoms with E-state index in [4.69, 9.17) is 4.84 Å². The highest BCUT2D eigenvalue weighted by atomic mass is 16.7. The third kappa shape index (κ3) is 1.42. The maximum atomic E-state index is 11.9. The molecule has 1 saturated carbocycles. The molecule has 0 radical (unpaired) electrons. The van der Waals surface area contributed by atoms with Crippen LogP contribution in [0.4, 0.5) is 0 Å². The Hall–Kier alpha value is -1.39. The summed E-state index contributed by atoms with van der Waals surface area (Å²) in [6.45, 7) is 7.25. The second-order valence-electron chi connectivity index (χ2n) is 4.60. The lowest BCUT2D eigenvalue weighted by Crippen LogP contribution is -2.44. The Morgan fingerprint density at radius 3 is 3.12 bits per heavy atom. The zero-order valence-corrected chi connectivity index (χ0v) is 9.60. The minimum Gasteiger partial charge on any atom is -0.376 e. The molecule has 0 amide bonds. The number of hydrogen-bond acceptors (Lipinski definition) is 5. The number of fused-ring (bicyclic) bond motifs is 1. The van der Waals surface area contributed by atoms with Crippen LogP contribution in [0, 0.1) is 11.8 Å². The maximum Gasteiger partial charge on any atom is 0.381 e. The fraction of sp³-hybridized carbons (Fsp3) is 0.727. The van der Waals surface area contributed by atoms with Crippen LogP contribution in [0.25, 0.3) is 0 Å². The van der Waals surface area contributed by atoms with Crippen LogP contribution in [0.3, 0.4) is 0 Å². The highest BCUT2D eigenvalue weighted by molar-refractivity contribution is 5.97. The zero-order chi connectivity index (χ0) is 11.8. The fourth-order valence-corrected chi connectivity index (χ4v) is 2.60. The quantitative estimate of drug-likeness (QED) is 0.416. The largest absolute Gasteiger partial charge is 0.381 e. The van der Waals surface area contributed by atoms with E-state index in [-0.39, 0.29) is 11.8 Å². The van der Waals surface area contributed by atoms with E-state index in [1.807, 2.05) is 13.8 Å². The first kappa shape index (κ1) is 11.1. The third-order valence-electron chi connectivity index (χ3n) is 3.36. The van der Waals surface area contributed by atoms with E-state index >= 15 is 0 Å². The Labute approximate surface area is 94.5 Å². The molecule has 5 heteroatoms. The first-order valence-corrected chi connectivity index (χ1v) is 5.55. The highest BCUT2D eigenvalue weighted by Gasteiger charge is 2.59. The van der Waals surface area contributed by atoms with Gasteiger partial charge in [0.15, 0.2) is 0 Å². The molecule has 0 aromatic carbocycles. The average molecular weight is 224 g/mol. The van der Waals surface area contributed by atoms with Crippen LogP contribution in [-0.2, 0) is 14.5 Å². The summed E-state index contributed by atoms with van der Waals surface area (Å²) in [4.78, 5) is 21.9. The molecule has 88 valence electrons. The van der Waals surface area contributed by atoms with Crippen LogP contribution in [0.5, 0.6) is 0 Å². The smallest absolute Gasteiger partial charge is 0.376 e. The van der Waals surface area contributed by atoms with Crippen molar-refractivity contribution in [3.63, 3.8) is 0 Å². The predicted molar refractivity (Wildman–Crippen MR) is 59.1 cm³/mol. The van der Waals surface area contributed by atoms with Crippen molar-refractivity contribution < 1.29 is 14.5 Å². The summed E-state index contributed by atoms with van der Waals surface area (Å²) in [6, 6.07) is 0. The Balaban J connectivity index is 2.24. The first-order valence-electron chi connectivity index (χ1n) is 5.55. The molecule has 0 saturated heterocycles. The van der Waals surface area contributed by atoms with Crippen molar-refractivity contribution >= 4 is 18.4 Å². The van der Waals surface area contributed by atoms with Gasteiger partial charge in [-0.15, -0.1) is 0 Å². The lowest BCUT2D eigenvalue weighted by molar-refractivity contribution is -0.171. The van der Waals surface area contributed by atoms with Crippen molar-refractivity contribution in [1.29, 1.82) is 0 Å². The number of nitrogens with zero attached hydrogens (tertiary/aromatic N) is 2. The minimum atomic E-state index is -0.930. The molecule has 0 bridgehead atoms. The lowest BCUT2D eigenvalue weighted by Gasteiger charge is -2.23. The number of hydrogen-bond donors (Lipinski definition) is 0. The molecule has 2 atom stereocenters. The number of oxime groups is 2. The summed E-state index contributed by atoms with van der Waals surface area (Å²) >= 11 is 0. The molecular weight excluding hydrogens is 208 g/mol. The Morgan fingerprint density at radius 2 is 2.50 bits per heavy atom. The molecule has 16 heavy (non-hydrogen) atoms. The number of carbonyl (C=O) groups excluding carboxylic acids is 1. The molecule has 0 N–H and O–H groups in total. The molecule has 5 nitrogen and oxygen atoms in total. The second kappa shape index (κ2) is 3.88. The lowest BCUT2D eigenvalue weighted by atomic mass is 9.83. The summed E-state index contributed by atoms with van der Waals surface area (Å²) in [5, 5.41) is 7.22. The van der Waals surface area contributed by atoms with Gasteiger partial charge in [0, 0.05) is 13.1 Å². The Bertz CT molecular complexity index is 351. The Kier molecular flexibility index (Phi) is 2.69. The molecule has 0 aromatic heterocycles. The third-order valence-corrected chi connectivity index (χ3v) is 3.36. The molecule has 0 aromatic rings. The summed E-state index contributed by atoms with van der Waals surface area (Å²) in [5.74, 6) is -0.138. The Morgan fingerprint density at radius 1 is 1.75 bits per heavy atom. The fourth-order valence-electron chi connectivity index (χ4n) is 2.60. The van der Waals surface area contributed by atoms with Crippen molar-refractivity contribution in [1.82, 2.24) is 0 Å². The standard InChI is InChI=1S/C11H16N2O3/c1-7(2)9-8-5-4-6-11(8,16-13-9)10(14)15-12-3/h7-8H,3-6H2,1-2H3. The van der Waals surface area contributed by atoms with Gasteiger partial charge >= 0.3 is 5.97 Å². The van der Waals surface area contributed by atoms with Crippen molar-refractivity contribution in [2.45, 2.75) is 38.7 Å². The molecule has 2 aliphatic rings. The van der Waals surface area contributed by atoms with Crippen LogP contribution in [-0.4, -0.2) is 24.0 Å². The van der Waals surface area contributed by atoms with Crippen LogP contribution >= 0.6 is 0 Å². The molecular formula is C11H16N2O3. The van der Waals surface area contributed by atoms with Gasteiger partial charge < -0.3 is 9.68 Å². The van der Waals surface area contributed by atoms with Gasteiger partial charge in [-0.05, 0) is 18.8 Å². The van der Waals surface area contributed by atoms with Gasteiger partial charge in [-0.25, -0.2) is 4.79 Å². The van der Waals surface area contributed by atoms with Crippen molar-refractivity contribution in [2.24, 2.45) is 22.1 Å². The van der Waals surface area contributed by atoms with Gasteiger partial charge in [-0.3, -0.25) is 0 Å². The molecule has 1 heterocycles. The summed E-state index contributed by atoms with van der Waals surface area (Å²) in [6.07, 6.45) is 2.51. The molecule has 0 spiro atoms. The van der Waals surface area contributed by atoms with Crippen LogP contribution in [0.15, 0.2) is 10.3 Å². The van der Waals surface area contributed by atoms with E-state index in [1.54, 1.807) is 0 Å². The van der Waals surface area contributed by atoms with Gasteiger partial charge in [0.05, 0.1) is 11.6 Å². The molecule has 1 fully saturated rings. The molecule has 1 aliphatic heterocycles. The minimum absolute atomic E-state index is 0.0433. The number of carbonyl (C=O) groups is 1. The molecule has 2 rings (SSSR count). The second-order valence-corrected chi connectivity index (χ2v) is 4.60. The summed E-state index contributed by atoms with van der Waals surface area (Å²) in [7, 11) is 0. The van der Waals surface area contributed by atoms with Gasteiger partial charge in [-0.2, -0.15) is 0 Å². The van der Waals surface area contributed by atoms with Gasteiger partial charge in [-0.1, -0.05) is 24.2 Å². The highest BCUT2D eigenvalue weighted by Crippen LogP contribution is 2.46. The van der Waals surface area contributed by atoms with E-state index in [0.717, 1.165) is 18.6 Å². The van der Waals surface area contributed by atoms with E-state index in [2.05, 4.69) is 21.9 Å². The van der Waals surface area contributed by atoms with Crippen molar-refractivity contribution in [2.75, 3.05) is 0 Å². The summed E-state index contributed by atoms with van der Waals surface area (Å²) in [5.41, 5.74) is 0.0272. The van der Waals surface area contributed by atoms with Crippen molar-refractivity contribution in [3.8, 4) is 0 Å². The molecule has 1 aliphatic carbocycles. The van der Waals surface area contributed by atoms with Gasteiger partial charge in [0.25, 0.3) is 0 Å². The number of rotatable bonds is 3. The maximum absolute atomic E-state index is 11.9. The monoisotopic (exact) mass is 224 g/mol. The topological polar surface area (TPSA) is 60.2 Å². The van der Waals surface area contributed by atoms with E-state index in [1.165, 1.54) is 0 Å². The van der Waals surface area contributed by atoms with E-state index in [9.17, 15) is 4.79 Å². The summed E-state index contributed by atoms with van der Waals surface area (Å²) < 4.78 is 0. The van der Waals surface area contributed by atoms with E-state index in [0.29, 0.717) is 6.42 Å². The van der Waals surface area contributed by atoms with Gasteiger partial charge in [0.2, 0.25) is 5.60 Å². The van der Waals surface area contributed by atoms with Crippen LogP contribution in [0.2, 0.25) is 0 Å².